The molecule has 1 aliphatic heterocycles. The van der Waals surface area contributed by atoms with Gasteiger partial charge in [-0.25, -0.2) is 0 Å². The third-order valence-electron chi connectivity index (χ3n) is 6.54. The first-order chi connectivity index (χ1) is 15.2. The van der Waals surface area contributed by atoms with E-state index >= 15 is 0 Å². The first-order valence-electron chi connectivity index (χ1n) is 10.9. The average molecular weight is 409 g/mol. The number of benzene rings is 3. The van der Waals surface area contributed by atoms with Crippen LogP contribution in [0.25, 0.3) is 22.2 Å². The molecule has 0 radical (unpaired) electrons. The molecule has 2 aliphatic rings. The molecule has 0 bridgehead atoms. The maximum Gasteiger partial charge on any atom is 0.196 e. The summed E-state index contributed by atoms with van der Waals surface area (Å²) in [6.45, 7) is 3.24. The Bertz CT molecular complexity index is 1310. The molecule has 31 heavy (non-hydrogen) atoms. The van der Waals surface area contributed by atoms with Crippen LogP contribution < -0.4 is 10.2 Å². The van der Waals surface area contributed by atoms with Crippen molar-refractivity contribution in [1.82, 2.24) is 5.16 Å². The Labute approximate surface area is 180 Å². The van der Waals surface area contributed by atoms with Gasteiger partial charge in [-0.05, 0) is 44.4 Å². The molecular weight excluding hydrogens is 386 g/mol. The second-order valence-electron chi connectivity index (χ2n) is 8.46. The number of ketones is 1. The maximum absolute atomic E-state index is 13.6. The van der Waals surface area contributed by atoms with Gasteiger partial charge in [0.05, 0.1) is 22.3 Å². The number of para-hydroxylation sites is 1. The monoisotopic (exact) mass is 409 g/mol. The highest BCUT2D eigenvalue weighted by Gasteiger charge is 2.34. The van der Waals surface area contributed by atoms with Gasteiger partial charge in [-0.2, -0.15) is 0 Å². The summed E-state index contributed by atoms with van der Waals surface area (Å²) in [5.41, 5.74) is 5.67. The van der Waals surface area contributed by atoms with Crippen molar-refractivity contribution in [3.8, 4) is 11.3 Å². The van der Waals surface area contributed by atoms with E-state index in [4.69, 9.17) is 4.52 Å². The van der Waals surface area contributed by atoms with E-state index in [1.807, 2.05) is 54.6 Å². The zero-order chi connectivity index (χ0) is 20.9. The number of nitrogens with one attached hydrogen (secondary N) is 1. The molecule has 154 valence electrons. The summed E-state index contributed by atoms with van der Waals surface area (Å²) in [5.74, 6) is 0.691. The van der Waals surface area contributed by atoms with Crippen molar-refractivity contribution < 1.29 is 9.32 Å². The van der Waals surface area contributed by atoms with E-state index in [1.165, 1.54) is 6.42 Å². The molecule has 1 N–H and O–H groups in total. The lowest BCUT2D eigenvalue weighted by molar-refractivity contribution is 0.104. The van der Waals surface area contributed by atoms with Gasteiger partial charge >= 0.3 is 0 Å². The van der Waals surface area contributed by atoms with Crippen molar-refractivity contribution in [1.29, 1.82) is 0 Å². The second kappa shape index (κ2) is 6.98. The SMILES string of the molecule is CC1CCCCN1c1cc(Nc2ccccc2)c2c3c(onc13)-c1ccccc1C2=O. The standard InChI is InChI=1S/C26H23N3O2/c1-16-9-7-8-14-29(16)21-15-20(27-17-10-3-2-4-11-17)22-23-24(21)28-31-26(23)19-13-6-5-12-18(19)25(22)30/h2-6,10-13,15-16,27H,7-9,14H2,1H3. The van der Waals surface area contributed by atoms with Crippen molar-refractivity contribution in [3.63, 3.8) is 0 Å². The van der Waals surface area contributed by atoms with Gasteiger partial charge < -0.3 is 14.7 Å². The largest absolute Gasteiger partial charge is 0.367 e. The fourth-order valence-corrected chi connectivity index (χ4v) is 4.99. The van der Waals surface area contributed by atoms with Crippen LogP contribution >= 0.6 is 0 Å². The van der Waals surface area contributed by atoms with Crippen LogP contribution in [-0.2, 0) is 0 Å². The molecule has 5 nitrogen and oxygen atoms in total. The first kappa shape index (κ1) is 18.2. The number of carbonyl (C=O) groups excluding carboxylic acids is 1. The van der Waals surface area contributed by atoms with Gasteiger partial charge in [0.25, 0.3) is 0 Å². The highest BCUT2D eigenvalue weighted by molar-refractivity contribution is 6.28. The van der Waals surface area contributed by atoms with Gasteiger partial charge in [-0.1, -0.05) is 47.6 Å². The van der Waals surface area contributed by atoms with Gasteiger partial charge in [0.2, 0.25) is 0 Å². The van der Waals surface area contributed by atoms with Crippen LogP contribution in [0.1, 0.15) is 42.1 Å². The fourth-order valence-electron chi connectivity index (χ4n) is 4.99. The van der Waals surface area contributed by atoms with Gasteiger partial charge in [-0.15, -0.1) is 0 Å². The molecule has 1 atom stereocenters. The van der Waals surface area contributed by atoms with Gasteiger partial charge in [0, 0.05) is 29.4 Å². The Hall–Kier alpha value is -3.60. The fraction of sp³-hybridized carbons (Fsp3) is 0.231. The van der Waals surface area contributed by atoms with E-state index in [9.17, 15) is 4.79 Å². The molecule has 0 spiro atoms. The second-order valence-corrected chi connectivity index (χ2v) is 8.46. The smallest absolute Gasteiger partial charge is 0.196 e. The number of rotatable bonds is 3. The molecule has 5 heteroatoms. The maximum atomic E-state index is 13.6. The molecule has 4 aromatic rings. The van der Waals surface area contributed by atoms with Crippen LogP contribution in [0.3, 0.4) is 0 Å². The summed E-state index contributed by atoms with van der Waals surface area (Å²) in [5, 5.41) is 8.81. The van der Waals surface area contributed by atoms with Crippen LogP contribution in [-0.4, -0.2) is 23.5 Å². The van der Waals surface area contributed by atoms with Crippen molar-refractivity contribution >= 4 is 33.7 Å². The quantitative estimate of drug-likeness (QED) is 0.387. The number of fused-ring (bicyclic) bond motifs is 2. The number of carbonyl (C=O) groups is 1. The molecule has 0 saturated carbocycles. The van der Waals surface area contributed by atoms with Crippen molar-refractivity contribution in [2.45, 2.75) is 32.2 Å². The summed E-state index contributed by atoms with van der Waals surface area (Å²) in [6.07, 6.45) is 3.54. The Morgan fingerprint density at radius 3 is 2.61 bits per heavy atom. The Kier molecular flexibility index (Phi) is 4.10. The molecule has 1 aliphatic carbocycles. The van der Waals surface area contributed by atoms with Crippen molar-refractivity contribution in [2.24, 2.45) is 0 Å². The first-order valence-corrected chi connectivity index (χ1v) is 10.9. The van der Waals surface area contributed by atoms with Gasteiger partial charge in [0.1, 0.15) is 5.52 Å². The third-order valence-corrected chi connectivity index (χ3v) is 6.54. The van der Waals surface area contributed by atoms with Crippen molar-refractivity contribution in [2.75, 3.05) is 16.8 Å². The third kappa shape index (κ3) is 2.76. The number of anilines is 3. The molecule has 3 aromatic carbocycles. The lowest BCUT2D eigenvalue weighted by Crippen LogP contribution is -2.37. The number of hydrogen-bond acceptors (Lipinski definition) is 5. The van der Waals surface area contributed by atoms with E-state index in [2.05, 4.69) is 28.4 Å². The van der Waals surface area contributed by atoms with Crippen LogP contribution in [0.5, 0.6) is 0 Å². The van der Waals surface area contributed by atoms with Crippen LogP contribution in [0.2, 0.25) is 0 Å². The lowest BCUT2D eigenvalue weighted by Gasteiger charge is -2.36. The van der Waals surface area contributed by atoms with E-state index < -0.39 is 0 Å². The highest BCUT2D eigenvalue weighted by atomic mass is 16.5. The number of aromatic nitrogens is 1. The Morgan fingerprint density at radius 1 is 1.03 bits per heavy atom. The van der Waals surface area contributed by atoms with E-state index in [1.54, 1.807) is 0 Å². The Morgan fingerprint density at radius 2 is 1.81 bits per heavy atom. The lowest BCUT2D eigenvalue weighted by atomic mass is 9.86. The average Bonchev–Trinajstić information content (AvgIpc) is 3.24. The molecule has 1 unspecified atom stereocenters. The van der Waals surface area contributed by atoms with Crippen LogP contribution in [0.4, 0.5) is 17.1 Å². The molecule has 1 fully saturated rings. The molecule has 6 rings (SSSR count). The molecule has 0 amide bonds. The van der Waals surface area contributed by atoms with E-state index in [0.29, 0.717) is 22.9 Å². The summed E-state index contributed by atoms with van der Waals surface area (Å²) in [6, 6.07) is 20.1. The molecule has 2 heterocycles. The minimum atomic E-state index is 0.00738. The summed E-state index contributed by atoms with van der Waals surface area (Å²) >= 11 is 0. The predicted octanol–water partition coefficient (Wildman–Crippen LogP) is 6.16. The number of nitrogens with zero attached hydrogens (tertiary/aromatic N) is 2. The number of hydrogen-bond donors (Lipinski definition) is 1. The van der Waals surface area contributed by atoms with Crippen molar-refractivity contribution in [3.05, 3.63) is 71.8 Å². The topological polar surface area (TPSA) is 58.4 Å². The normalized spacial score (nSPS) is 17.6. The number of piperidine rings is 1. The van der Waals surface area contributed by atoms with Crippen LogP contribution in [0.15, 0.2) is 65.2 Å². The summed E-state index contributed by atoms with van der Waals surface area (Å²) in [7, 11) is 0. The summed E-state index contributed by atoms with van der Waals surface area (Å²) in [4.78, 5) is 16.0. The predicted molar refractivity (Wildman–Crippen MR) is 123 cm³/mol. The molecule has 1 saturated heterocycles. The zero-order valence-electron chi connectivity index (χ0n) is 17.4. The van der Waals surface area contributed by atoms with E-state index in [0.717, 1.165) is 52.9 Å². The molecular formula is C26H23N3O2. The highest BCUT2D eigenvalue weighted by Crippen LogP contribution is 2.47. The Balaban J connectivity index is 1.64. The zero-order valence-corrected chi connectivity index (χ0v) is 17.4. The minimum Gasteiger partial charge on any atom is -0.367 e. The summed E-state index contributed by atoms with van der Waals surface area (Å²) < 4.78 is 5.89. The minimum absolute atomic E-state index is 0.00738. The van der Waals surface area contributed by atoms with E-state index in [-0.39, 0.29) is 5.78 Å². The van der Waals surface area contributed by atoms with Gasteiger partial charge in [0.15, 0.2) is 11.5 Å². The van der Waals surface area contributed by atoms with Crippen LogP contribution in [0, 0.1) is 0 Å². The van der Waals surface area contributed by atoms with Gasteiger partial charge in [-0.3, -0.25) is 4.79 Å². The molecule has 1 aromatic heterocycles.